The summed E-state index contributed by atoms with van der Waals surface area (Å²) in [5.74, 6) is 1.50. The van der Waals surface area contributed by atoms with Crippen LogP contribution in [0.2, 0.25) is 0 Å². The zero-order valence-electron chi connectivity index (χ0n) is 13.6. The van der Waals surface area contributed by atoms with Gasteiger partial charge < -0.3 is 10.5 Å². The van der Waals surface area contributed by atoms with Gasteiger partial charge in [-0.05, 0) is 42.0 Å². The Morgan fingerprint density at radius 2 is 2.14 bits per heavy atom. The summed E-state index contributed by atoms with van der Waals surface area (Å²) in [6.07, 6.45) is 1.27. The van der Waals surface area contributed by atoms with Gasteiger partial charge in [0.25, 0.3) is 0 Å². The van der Waals surface area contributed by atoms with E-state index in [1.165, 1.54) is 12.0 Å². The van der Waals surface area contributed by atoms with Crippen molar-refractivity contribution in [1.29, 1.82) is 5.41 Å². The number of benzene rings is 1. The highest BCUT2D eigenvalue weighted by Gasteiger charge is 2.31. The van der Waals surface area contributed by atoms with Gasteiger partial charge in [-0.1, -0.05) is 26.8 Å². The lowest BCUT2D eigenvalue weighted by Gasteiger charge is -2.27. The fourth-order valence-electron chi connectivity index (χ4n) is 3.00. The molecule has 1 aromatic rings. The molecule has 0 aliphatic carbocycles. The molecular weight excluding hydrogens is 262 g/mol. The maximum Gasteiger partial charge on any atom is 0.130 e. The lowest BCUT2D eigenvalue weighted by atomic mass is 9.80. The number of nitrogen functional groups attached to an aromatic ring is 1. The first-order valence-electron chi connectivity index (χ1n) is 7.55. The van der Waals surface area contributed by atoms with Gasteiger partial charge in [0.2, 0.25) is 0 Å². The fourth-order valence-corrected chi connectivity index (χ4v) is 3.00. The summed E-state index contributed by atoms with van der Waals surface area (Å²) in [7, 11) is 1.62. The first-order chi connectivity index (χ1) is 9.81. The van der Waals surface area contributed by atoms with Crippen molar-refractivity contribution in [3.05, 3.63) is 29.3 Å². The molecule has 1 aliphatic heterocycles. The quantitative estimate of drug-likeness (QED) is 0.662. The van der Waals surface area contributed by atoms with Crippen LogP contribution in [0.25, 0.3) is 0 Å². The highest BCUT2D eigenvalue weighted by atomic mass is 16.5. The Morgan fingerprint density at radius 3 is 2.67 bits per heavy atom. The molecule has 0 saturated carbocycles. The Hall–Kier alpha value is -1.55. The van der Waals surface area contributed by atoms with Gasteiger partial charge in [0, 0.05) is 13.1 Å². The van der Waals surface area contributed by atoms with Crippen molar-refractivity contribution in [2.75, 3.05) is 20.2 Å². The second-order valence-electron chi connectivity index (χ2n) is 7.04. The molecule has 4 heteroatoms. The van der Waals surface area contributed by atoms with E-state index in [1.807, 2.05) is 18.2 Å². The van der Waals surface area contributed by atoms with E-state index in [4.69, 9.17) is 15.9 Å². The normalized spacial score (nSPS) is 19.7. The average molecular weight is 289 g/mol. The molecule has 2 rings (SSSR count). The van der Waals surface area contributed by atoms with E-state index in [1.54, 1.807) is 7.11 Å². The molecular formula is C17H27N3O. The van der Waals surface area contributed by atoms with Crippen LogP contribution in [0.1, 0.15) is 38.3 Å². The molecule has 0 spiro atoms. The summed E-state index contributed by atoms with van der Waals surface area (Å²) in [5.41, 5.74) is 7.82. The first kappa shape index (κ1) is 15.8. The van der Waals surface area contributed by atoms with E-state index in [-0.39, 0.29) is 5.84 Å². The second-order valence-corrected chi connectivity index (χ2v) is 7.04. The Kier molecular flexibility index (Phi) is 4.57. The third-order valence-electron chi connectivity index (χ3n) is 4.46. The molecule has 0 radical (unpaired) electrons. The number of nitrogens with two attached hydrogens (primary N) is 1. The third-order valence-corrected chi connectivity index (χ3v) is 4.46. The van der Waals surface area contributed by atoms with Gasteiger partial charge >= 0.3 is 0 Å². The topological polar surface area (TPSA) is 62.3 Å². The van der Waals surface area contributed by atoms with E-state index >= 15 is 0 Å². The number of likely N-dealkylation sites (tertiary alicyclic amines) is 1. The first-order valence-corrected chi connectivity index (χ1v) is 7.55. The van der Waals surface area contributed by atoms with Crippen LogP contribution in [-0.2, 0) is 6.54 Å². The van der Waals surface area contributed by atoms with Crippen LogP contribution >= 0.6 is 0 Å². The molecule has 0 bridgehead atoms. The smallest absolute Gasteiger partial charge is 0.130 e. The SMILES string of the molecule is COc1cc(CN2CCC(C(C)(C)C)C2)ccc1C(=N)N. The van der Waals surface area contributed by atoms with Crippen molar-refractivity contribution in [3.63, 3.8) is 0 Å². The average Bonchev–Trinajstić information content (AvgIpc) is 2.86. The molecule has 1 heterocycles. The summed E-state index contributed by atoms with van der Waals surface area (Å²) >= 11 is 0. The van der Waals surface area contributed by atoms with Gasteiger partial charge in [-0.25, -0.2) is 0 Å². The van der Waals surface area contributed by atoms with Gasteiger partial charge in [-0.3, -0.25) is 10.3 Å². The molecule has 1 saturated heterocycles. The summed E-state index contributed by atoms with van der Waals surface area (Å²) in [6, 6.07) is 5.93. The molecule has 4 nitrogen and oxygen atoms in total. The number of hydrogen-bond acceptors (Lipinski definition) is 3. The predicted molar refractivity (Wildman–Crippen MR) is 86.8 cm³/mol. The minimum atomic E-state index is 0.0485. The monoisotopic (exact) mass is 289 g/mol. The van der Waals surface area contributed by atoms with Gasteiger partial charge in [0.05, 0.1) is 12.7 Å². The van der Waals surface area contributed by atoms with Crippen LogP contribution in [0.4, 0.5) is 0 Å². The molecule has 0 amide bonds. The molecule has 116 valence electrons. The highest BCUT2D eigenvalue weighted by Crippen LogP contribution is 2.34. The maximum atomic E-state index is 7.56. The van der Waals surface area contributed by atoms with Crippen molar-refractivity contribution < 1.29 is 4.74 Å². The second kappa shape index (κ2) is 6.06. The highest BCUT2D eigenvalue weighted by molar-refractivity contribution is 5.97. The zero-order chi connectivity index (χ0) is 15.6. The standard InChI is InChI=1S/C17H27N3O/c1-17(2,3)13-7-8-20(11-13)10-12-5-6-14(16(18)19)15(9-12)21-4/h5-6,9,13H,7-8,10-11H2,1-4H3,(H3,18,19). The van der Waals surface area contributed by atoms with Crippen molar-refractivity contribution >= 4 is 5.84 Å². The number of nitrogens with zero attached hydrogens (tertiary/aromatic N) is 1. The van der Waals surface area contributed by atoms with Gasteiger partial charge in [-0.15, -0.1) is 0 Å². The molecule has 1 aliphatic rings. The fraction of sp³-hybridized carbons (Fsp3) is 0.588. The lowest BCUT2D eigenvalue weighted by molar-refractivity contribution is 0.226. The summed E-state index contributed by atoms with van der Waals surface area (Å²) in [5, 5.41) is 7.56. The van der Waals surface area contributed by atoms with Crippen LogP contribution in [0.5, 0.6) is 5.75 Å². The number of amidine groups is 1. The van der Waals surface area contributed by atoms with Gasteiger partial charge in [-0.2, -0.15) is 0 Å². The summed E-state index contributed by atoms with van der Waals surface area (Å²) in [6.45, 7) is 10.2. The van der Waals surface area contributed by atoms with Crippen molar-refractivity contribution in [3.8, 4) is 5.75 Å². The van der Waals surface area contributed by atoms with Crippen molar-refractivity contribution in [1.82, 2.24) is 4.90 Å². The molecule has 0 aromatic heterocycles. The van der Waals surface area contributed by atoms with E-state index in [0.29, 0.717) is 16.7 Å². The Balaban J connectivity index is 2.06. The zero-order valence-corrected chi connectivity index (χ0v) is 13.6. The number of rotatable bonds is 4. The van der Waals surface area contributed by atoms with Crippen molar-refractivity contribution in [2.24, 2.45) is 17.1 Å². The van der Waals surface area contributed by atoms with Crippen LogP contribution in [0.3, 0.4) is 0 Å². The number of hydrogen-bond donors (Lipinski definition) is 2. The van der Waals surface area contributed by atoms with Crippen LogP contribution < -0.4 is 10.5 Å². The van der Waals surface area contributed by atoms with Crippen molar-refractivity contribution in [2.45, 2.75) is 33.7 Å². The molecule has 1 aromatic carbocycles. The number of nitrogens with one attached hydrogen (secondary N) is 1. The van der Waals surface area contributed by atoms with E-state index < -0.39 is 0 Å². The third kappa shape index (κ3) is 3.76. The van der Waals surface area contributed by atoms with E-state index in [2.05, 4.69) is 25.7 Å². The molecule has 3 N–H and O–H groups in total. The maximum absolute atomic E-state index is 7.56. The van der Waals surface area contributed by atoms with Crippen LogP contribution in [0.15, 0.2) is 18.2 Å². The lowest BCUT2D eigenvalue weighted by Crippen LogP contribution is -2.25. The Bertz CT molecular complexity index is 519. The summed E-state index contributed by atoms with van der Waals surface area (Å²) < 4.78 is 5.35. The van der Waals surface area contributed by atoms with Gasteiger partial charge in [0.1, 0.15) is 11.6 Å². The van der Waals surface area contributed by atoms with Crippen LogP contribution in [0, 0.1) is 16.7 Å². The van der Waals surface area contributed by atoms with E-state index in [0.717, 1.165) is 25.6 Å². The van der Waals surface area contributed by atoms with Crippen LogP contribution in [-0.4, -0.2) is 30.9 Å². The minimum absolute atomic E-state index is 0.0485. The predicted octanol–water partition coefficient (Wildman–Crippen LogP) is 2.85. The molecule has 1 fully saturated rings. The molecule has 1 atom stereocenters. The largest absolute Gasteiger partial charge is 0.496 e. The van der Waals surface area contributed by atoms with E-state index in [9.17, 15) is 0 Å². The number of methoxy groups -OCH3 is 1. The molecule has 1 unspecified atom stereocenters. The van der Waals surface area contributed by atoms with Gasteiger partial charge in [0.15, 0.2) is 0 Å². The Labute approximate surface area is 127 Å². The minimum Gasteiger partial charge on any atom is -0.496 e. The molecule has 21 heavy (non-hydrogen) atoms. The summed E-state index contributed by atoms with van der Waals surface area (Å²) in [4.78, 5) is 2.50. The number of ether oxygens (including phenoxy) is 1. The Morgan fingerprint density at radius 1 is 1.43 bits per heavy atom.